The van der Waals surface area contributed by atoms with Crippen LogP contribution >= 0.6 is 0 Å². The Kier molecular flexibility index (Phi) is 21.7. The van der Waals surface area contributed by atoms with Crippen molar-refractivity contribution in [2.45, 2.75) is 118 Å². The van der Waals surface area contributed by atoms with Crippen molar-refractivity contribution in [2.24, 2.45) is 0 Å². The molecule has 4 heterocycles. The summed E-state index contributed by atoms with van der Waals surface area (Å²) in [7, 11) is -10.4. The van der Waals surface area contributed by atoms with E-state index in [0.717, 1.165) is 13.3 Å². The molecule has 1 fully saturated rings. The average Bonchev–Trinajstić information content (AvgIpc) is 1.63. The first kappa shape index (κ1) is 69.8. The van der Waals surface area contributed by atoms with Gasteiger partial charge in [-0.25, -0.2) is 51.6 Å². The maximum absolute atomic E-state index is 13.4. The number of ketones is 1. The highest BCUT2D eigenvalue weighted by atomic mass is 32.2. The second-order valence-electron chi connectivity index (χ2n) is 23.6. The van der Waals surface area contributed by atoms with Gasteiger partial charge in [0.15, 0.2) is 5.78 Å². The average molecular weight is 1340 g/mol. The number of amides is 4. The molecule has 494 valence electrons. The van der Waals surface area contributed by atoms with E-state index in [1.807, 2.05) is 12.1 Å². The Morgan fingerprint density at radius 1 is 0.521 bits per heavy atom. The zero-order valence-corrected chi connectivity index (χ0v) is 54.8. The van der Waals surface area contributed by atoms with Gasteiger partial charge in [0.2, 0.25) is 11.8 Å². The number of nitrogens with zero attached hydrogens (tertiary/aromatic N) is 3. The fourth-order valence-corrected chi connectivity index (χ4v) is 14.3. The zero-order chi connectivity index (χ0) is 68.3. The number of hydrogen-bond acceptors (Lipinski definition) is 16. The van der Waals surface area contributed by atoms with Gasteiger partial charge < -0.3 is 40.6 Å². The van der Waals surface area contributed by atoms with Crippen molar-refractivity contribution in [3.63, 3.8) is 0 Å². The Morgan fingerprint density at radius 3 is 1.26 bits per heavy atom. The second-order valence-corrected chi connectivity index (χ2v) is 29.0. The topological polar surface area (TPSA) is 333 Å². The number of rotatable bonds is 18. The molecule has 9 aromatic rings. The maximum atomic E-state index is 13.4. The summed E-state index contributed by atoms with van der Waals surface area (Å²) in [5.74, 6) is -2.76. The molecule has 0 unspecified atom stereocenters. The summed E-state index contributed by atoms with van der Waals surface area (Å²) in [4.78, 5) is 85.0. The third kappa shape index (κ3) is 17.1. The number of alkyl carbamates (subject to hydrolysis) is 2. The van der Waals surface area contributed by atoms with Crippen LogP contribution in [0.4, 0.5) is 9.59 Å². The monoisotopic (exact) mass is 1340 g/mol. The molecule has 0 radical (unpaired) electrons. The number of para-hydroxylation sites is 3. The molecular formula is C67H71N7O17S3. The van der Waals surface area contributed by atoms with Crippen molar-refractivity contribution >= 4 is 105 Å². The Labute approximate surface area is 543 Å². The van der Waals surface area contributed by atoms with E-state index in [0.29, 0.717) is 44.0 Å². The van der Waals surface area contributed by atoms with Gasteiger partial charge in [-0.3, -0.25) is 19.2 Å². The number of carbonyl (C=O) groups is 7. The van der Waals surface area contributed by atoms with E-state index in [2.05, 4.69) is 26.0 Å². The normalized spacial score (nSPS) is 14.2. The molecule has 1 aliphatic rings. The molecular weight excluding hydrogens is 1270 g/mol. The van der Waals surface area contributed by atoms with Crippen molar-refractivity contribution in [3.8, 4) is 0 Å². The van der Waals surface area contributed by atoms with Crippen LogP contribution in [0.5, 0.6) is 0 Å². The molecule has 0 aliphatic carbocycles. The number of aromatic nitrogens is 3. The number of carbonyl (C=O) groups excluding carboxylic acids is 6. The number of esters is 1. The summed E-state index contributed by atoms with van der Waals surface area (Å²) in [6.07, 6.45) is 3.21. The third-order valence-electron chi connectivity index (χ3n) is 14.4. The van der Waals surface area contributed by atoms with E-state index < -0.39 is 96.0 Å². The van der Waals surface area contributed by atoms with Crippen LogP contribution in [-0.2, 0) is 87.5 Å². The number of hydrogen-bond donors (Lipinski definition) is 5. The second kappa shape index (κ2) is 29.2. The number of carboxylic acid groups (broad SMARTS) is 1. The first-order valence-electron chi connectivity index (χ1n) is 29.4. The predicted molar refractivity (Wildman–Crippen MR) is 349 cm³/mol. The standard InChI is InChI=1S/C25H29N3O7S.C22H24N2O6S.C20H18N2O4S/c1-25(2,3)35-24(31)27-20(23(30)26-15-22(29)34-4)14-17-16-28(21-13-9-8-12-19(17)21)36(32,33)18-10-6-5-7-11-18;1-22(2,3)30-21(27)23-18(20(25)26)13-15-14-24(19-12-8-7-11-17(15)19)31(28,29)16-9-5-4-6-10-16;23-19-10-11-20(24)21-17(19)12-14-13-22(18-9-5-4-8-16(14)18)27(25,26)15-6-2-1-3-7-15/h5-13,16,20H,14-15H2,1-4H3,(H,26,30)(H,27,31);4-12,14,18H,13H2,1-3H3,(H,23,27)(H,25,26);1-9,13,17H,10-12H2,(H,21,24)/t20-;18-;17-/m000/s1. The van der Waals surface area contributed by atoms with Crippen LogP contribution in [0.1, 0.15) is 71.1 Å². The number of piperidine rings is 1. The molecule has 27 heteroatoms. The largest absolute Gasteiger partial charge is 0.480 e. The summed E-state index contributed by atoms with van der Waals surface area (Å²) in [5, 5.41) is 21.5. The highest BCUT2D eigenvalue weighted by Gasteiger charge is 2.32. The summed E-state index contributed by atoms with van der Waals surface area (Å²) in [6, 6.07) is 41.9. The smallest absolute Gasteiger partial charge is 0.408 e. The minimum absolute atomic E-state index is 0.0302. The van der Waals surface area contributed by atoms with E-state index in [1.54, 1.807) is 175 Å². The number of ether oxygens (including phenoxy) is 3. The minimum atomic E-state index is -3.93. The van der Waals surface area contributed by atoms with Crippen molar-refractivity contribution in [1.29, 1.82) is 0 Å². The Balaban J connectivity index is 0.000000183. The molecule has 6 aromatic carbocycles. The quantitative estimate of drug-likeness (QED) is 0.0398. The molecule has 94 heavy (non-hydrogen) atoms. The lowest BCUT2D eigenvalue weighted by molar-refractivity contribution is -0.141. The Hall–Kier alpha value is -10.1. The third-order valence-corrected chi connectivity index (χ3v) is 19.5. The summed E-state index contributed by atoms with van der Waals surface area (Å²) in [6.45, 7) is 9.66. The fraction of sp³-hybridized carbons (Fsp3) is 0.269. The van der Waals surface area contributed by atoms with Crippen LogP contribution in [0.15, 0.2) is 197 Å². The van der Waals surface area contributed by atoms with E-state index in [9.17, 15) is 63.9 Å². The Morgan fingerprint density at radius 2 is 0.872 bits per heavy atom. The van der Waals surface area contributed by atoms with Gasteiger partial charge >= 0.3 is 24.1 Å². The molecule has 0 bridgehead atoms. The molecule has 10 rings (SSSR count). The number of benzene rings is 6. The molecule has 24 nitrogen and oxygen atoms in total. The van der Waals surface area contributed by atoms with Crippen molar-refractivity contribution in [3.05, 3.63) is 199 Å². The van der Waals surface area contributed by atoms with Gasteiger partial charge in [0.05, 0.1) is 44.4 Å². The highest BCUT2D eigenvalue weighted by molar-refractivity contribution is 7.90. The van der Waals surface area contributed by atoms with Crippen LogP contribution in [0.3, 0.4) is 0 Å². The number of Topliss-reactive ketones (excluding diaryl/α,β-unsaturated/α-hetero) is 1. The summed E-state index contributed by atoms with van der Waals surface area (Å²) < 4.78 is 97.8. The van der Waals surface area contributed by atoms with Gasteiger partial charge in [-0.15, -0.1) is 0 Å². The van der Waals surface area contributed by atoms with E-state index >= 15 is 0 Å². The molecule has 1 aliphatic heterocycles. The molecule has 3 aromatic heterocycles. The van der Waals surface area contributed by atoms with Crippen LogP contribution < -0.4 is 21.3 Å². The molecule has 3 atom stereocenters. The number of methoxy groups -OCH3 is 1. The van der Waals surface area contributed by atoms with Crippen LogP contribution in [0, 0.1) is 0 Å². The van der Waals surface area contributed by atoms with Crippen molar-refractivity contribution in [1.82, 2.24) is 33.2 Å². The van der Waals surface area contributed by atoms with Gasteiger partial charge in [-0.05, 0) is 113 Å². The number of aliphatic carboxylic acids is 1. The Bertz CT molecular complexity index is 4630. The lowest BCUT2D eigenvalue weighted by Gasteiger charge is -2.23. The first-order valence-corrected chi connectivity index (χ1v) is 33.8. The molecule has 1 saturated heterocycles. The first-order chi connectivity index (χ1) is 44.4. The lowest BCUT2D eigenvalue weighted by Crippen LogP contribution is -2.50. The SMILES string of the molecule is CC(C)(C)OC(=O)N[C@@H](Cc1cn(S(=O)(=O)c2ccccc2)c2ccccc12)C(=O)O.COC(=O)CNC(=O)[C@H](Cc1cn(S(=O)(=O)c2ccccc2)c2ccccc12)NC(=O)OC(C)(C)C.O=C1CCC(=O)[C@H](Cc2cn(S(=O)(=O)c3ccccc3)c3ccccc23)N1. The molecule has 0 spiro atoms. The van der Waals surface area contributed by atoms with Crippen LogP contribution in [0.25, 0.3) is 32.7 Å². The molecule has 5 N–H and O–H groups in total. The number of nitrogens with one attached hydrogen (secondary N) is 4. The van der Waals surface area contributed by atoms with Crippen LogP contribution in [-0.4, -0.2) is 127 Å². The molecule has 0 saturated carbocycles. The predicted octanol–water partition coefficient (Wildman–Crippen LogP) is 8.27. The van der Waals surface area contributed by atoms with Gasteiger partial charge in [-0.1, -0.05) is 109 Å². The zero-order valence-electron chi connectivity index (χ0n) is 52.3. The lowest BCUT2D eigenvalue weighted by atomic mass is 9.96. The highest BCUT2D eigenvalue weighted by Crippen LogP contribution is 2.31. The van der Waals surface area contributed by atoms with Gasteiger partial charge in [-0.2, -0.15) is 0 Å². The van der Waals surface area contributed by atoms with Gasteiger partial charge in [0.25, 0.3) is 30.1 Å². The van der Waals surface area contributed by atoms with Crippen molar-refractivity contribution in [2.75, 3.05) is 13.7 Å². The number of carboxylic acids is 1. The minimum Gasteiger partial charge on any atom is -0.480 e. The fourth-order valence-electron chi connectivity index (χ4n) is 10.1. The number of fused-ring (bicyclic) bond motifs is 3. The van der Waals surface area contributed by atoms with Gasteiger partial charge in [0.1, 0.15) is 29.8 Å². The van der Waals surface area contributed by atoms with E-state index in [4.69, 9.17) is 9.47 Å². The van der Waals surface area contributed by atoms with Crippen molar-refractivity contribution < 1.29 is 78.1 Å². The van der Waals surface area contributed by atoms with Crippen LogP contribution in [0.2, 0.25) is 0 Å². The summed E-state index contributed by atoms with van der Waals surface area (Å²) >= 11 is 0. The van der Waals surface area contributed by atoms with E-state index in [1.165, 1.54) is 47.7 Å². The molecule has 4 amide bonds. The maximum Gasteiger partial charge on any atom is 0.408 e. The van der Waals surface area contributed by atoms with Gasteiger partial charge in [0, 0.05) is 66.9 Å². The van der Waals surface area contributed by atoms with E-state index in [-0.39, 0.29) is 58.5 Å². The summed E-state index contributed by atoms with van der Waals surface area (Å²) in [5.41, 5.74) is 1.48.